The summed E-state index contributed by atoms with van der Waals surface area (Å²) in [6, 6.07) is 6.90. The maximum absolute atomic E-state index is 13.9. The number of aromatic nitrogens is 3. The first-order chi connectivity index (χ1) is 19.1. The zero-order valence-electron chi connectivity index (χ0n) is 22.9. The van der Waals surface area contributed by atoms with Gasteiger partial charge in [-0.3, -0.25) is 24.1 Å². The number of amides is 2. The molecule has 0 radical (unpaired) electrons. The van der Waals surface area contributed by atoms with E-state index in [1.165, 1.54) is 13.1 Å². The molecule has 2 aliphatic rings. The molecule has 3 aromatic rings. The van der Waals surface area contributed by atoms with Crippen molar-refractivity contribution in [2.24, 2.45) is 16.6 Å². The summed E-state index contributed by atoms with van der Waals surface area (Å²) in [5.41, 5.74) is 10.0. The quantitative estimate of drug-likeness (QED) is 0.237. The summed E-state index contributed by atoms with van der Waals surface area (Å²) in [6.45, 7) is 5.17. The SMILES string of the molecule is CN=C/C(=C\N)c1cc(C)c2c(c1)c(C(C)=O)nn2CC(=O)N1C2CCC(C2)[C@H]1C(=O)Nc1nc(Br)ccc1C. The van der Waals surface area contributed by atoms with Gasteiger partial charge in [-0.2, -0.15) is 5.10 Å². The highest BCUT2D eigenvalue weighted by Gasteiger charge is 2.51. The number of piperidine rings is 1. The van der Waals surface area contributed by atoms with Gasteiger partial charge < -0.3 is 16.0 Å². The van der Waals surface area contributed by atoms with Crippen LogP contribution in [0.15, 0.2) is 40.1 Å². The van der Waals surface area contributed by atoms with Crippen LogP contribution >= 0.6 is 15.9 Å². The number of carbonyl (C=O) groups is 3. The van der Waals surface area contributed by atoms with Crippen LogP contribution in [0.5, 0.6) is 0 Å². The Morgan fingerprint density at radius 3 is 2.67 bits per heavy atom. The third-order valence-electron chi connectivity index (χ3n) is 7.88. The molecule has 0 spiro atoms. The van der Waals surface area contributed by atoms with E-state index in [1.807, 2.05) is 38.1 Å². The predicted octanol–water partition coefficient (Wildman–Crippen LogP) is 4.03. The highest BCUT2D eigenvalue weighted by atomic mass is 79.9. The number of nitrogens with one attached hydrogen (secondary N) is 1. The van der Waals surface area contributed by atoms with Gasteiger partial charge in [-0.25, -0.2) is 4.98 Å². The van der Waals surface area contributed by atoms with E-state index in [0.717, 1.165) is 36.0 Å². The van der Waals surface area contributed by atoms with Gasteiger partial charge in [0.05, 0.1) is 5.52 Å². The van der Waals surface area contributed by atoms with Crippen LogP contribution in [-0.2, 0) is 16.1 Å². The molecule has 2 unspecified atom stereocenters. The molecule has 1 aromatic carbocycles. The van der Waals surface area contributed by atoms with Crippen molar-refractivity contribution in [1.82, 2.24) is 19.7 Å². The fraction of sp³-hybridized carbons (Fsp3) is 0.379. The van der Waals surface area contributed by atoms with E-state index in [9.17, 15) is 14.4 Å². The lowest BCUT2D eigenvalue weighted by Crippen LogP contribution is -2.52. The fourth-order valence-corrected chi connectivity index (χ4v) is 6.45. The van der Waals surface area contributed by atoms with E-state index >= 15 is 0 Å². The number of nitrogens with two attached hydrogens (primary N) is 1. The van der Waals surface area contributed by atoms with Gasteiger partial charge in [0.15, 0.2) is 5.78 Å². The van der Waals surface area contributed by atoms with Crippen LogP contribution in [0.2, 0.25) is 0 Å². The van der Waals surface area contributed by atoms with Gasteiger partial charge in [0.2, 0.25) is 11.8 Å². The number of pyridine rings is 1. The zero-order valence-corrected chi connectivity index (χ0v) is 24.5. The summed E-state index contributed by atoms with van der Waals surface area (Å²) in [5.74, 6) is -0.0679. The molecule has 208 valence electrons. The van der Waals surface area contributed by atoms with Crippen molar-refractivity contribution in [1.29, 1.82) is 0 Å². The Labute approximate surface area is 240 Å². The van der Waals surface area contributed by atoms with Crippen molar-refractivity contribution in [2.45, 2.75) is 58.7 Å². The number of aliphatic imine (C=N–C) groups is 1. The number of halogens is 1. The second-order valence-electron chi connectivity index (χ2n) is 10.5. The molecule has 3 N–H and O–H groups in total. The number of hydrogen-bond acceptors (Lipinski definition) is 7. The van der Waals surface area contributed by atoms with Gasteiger partial charge in [-0.15, -0.1) is 0 Å². The van der Waals surface area contributed by atoms with E-state index in [1.54, 1.807) is 22.8 Å². The minimum Gasteiger partial charge on any atom is -0.404 e. The lowest BCUT2D eigenvalue weighted by Gasteiger charge is -2.34. The lowest BCUT2D eigenvalue weighted by atomic mass is 9.97. The van der Waals surface area contributed by atoms with Crippen molar-refractivity contribution >= 4 is 62.0 Å². The summed E-state index contributed by atoms with van der Waals surface area (Å²) >= 11 is 3.36. The Morgan fingerprint density at radius 1 is 1.20 bits per heavy atom. The molecule has 2 bridgehead atoms. The minimum atomic E-state index is -0.584. The van der Waals surface area contributed by atoms with Crippen LogP contribution in [0.3, 0.4) is 0 Å². The Balaban J connectivity index is 1.47. The van der Waals surface area contributed by atoms with Gasteiger partial charge in [0.25, 0.3) is 0 Å². The fourth-order valence-electron chi connectivity index (χ4n) is 6.14. The number of hydrogen-bond donors (Lipinski definition) is 2. The van der Waals surface area contributed by atoms with Crippen molar-refractivity contribution in [2.75, 3.05) is 12.4 Å². The van der Waals surface area contributed by atoms with E-state index in [4.69, 9.17) is 5.73 Å². The number of likely N-dealkylation sites (tertiary alicyclic amines) is 1. The Hall–Kier alpha value is -3.86. The summed E-state index contributed by atoms with van der Waals surface area (Å²) in [6.07, 6.45) is 5.68. The van der Waals surface area contributed by atoms with E-state index < -0.39 is 6.04 Å². The maximum Gasteiger partial charge on any atom is 0.248 e. The number of ketones is 1. The van der Waals surface area contributed by atoms with Gasteiger partial charge in [0.1, 0.15) is 28.7 Å². The van der Waals surface area contributed by atoms with Crippen LogP contribution in [0, 0.1) is 19.8 Å². The number of anilines is 1. The summed E-state index contributed by atoms with van der Waals surface area (Å²) in [7, 11) is 1.66. The summed E-state index contributed by atoms with van der Waals surface area (Å²) < 4.78 is 2.21. The molecular formula is C29H32BrN7O3. The number of fused-ring (bicyclic) bond motifs is 3. The number of rotatable bonds is 7. The molecule has 5 rings (SSSR count). The molecule has 3 atom stereocenters. The molecule has 10 nitrogen and oxygen atoms in total. The first-order valence-electron chi connectivity index (χ1n) is 13.2. The molecule has 1 aliphatic carbocycles. The maximum atomic E-state index is 13.9. The molecule has 2 amide bonds. The van der Waals surface area contributed by atoms with Crippen LogP contribution in [-0.4, -0.2) is 62.6 Å². The molecular weight excluding hydrogens is 574 g/mol. The molecule has 1 saturated carbocycles. The third-order valence-corrected chi connectivity index (χ3v) is 8.32. The Kier molecular flexibility index (Phi) is 7.59. The minimum absolute atomic E-state index is 0.00259. The number of nitrogens with zero attached hydrogens (tertiary/aromatic N) is 5. The topological polar surface area (TPSA) is 136 Å². The molecule has 11 heteroatoms. The molecule has 2 fully saturated rings. The van der Waals surface area contributed by atoms with E-state index in [-0.39, 0.29) is 41.8 Å². The predicted molar refractivity (Wildman–Crippen MR) is 158 cm³/mol. The number of benzene rings is 1. The first kappa shape index (κ1) is 27.7. The van der Waals surface area contributed by atoms with Crippen LogP contribution in [0.25, 0.3) is 16.5 Å². The van der Waals surface area contributed by atoms with Gasteiger partial charge in [-0.1, -0.05) is 6.07 Å². The number of Topliss-reactive ketones (excluding diaryl/α,β-unsaturated/α-hetero) is 1. The standard InChI is InChI=1S/C29H32BrN7O3/c1-15-5-8-23(30)33-28(15)34-29(40)27-18-6-7-21(10-18)37(27)24(39)14-36-26-16(2)9-19(20(12-31)13-32-4)11-22(26)25(35-36)17(3)38/h5,8-9,11-13,18,21,27H,6-7,10,14,31H2,1-4H3,(H,33,34,40)/b20-12+,32-13?/t18?,21?,27-/m0/s1. The second kappa shape index (κ2) is 11.0. The molecule has 1 saturated heterocycles. The largest absolute Gasteiger partial charge is 0.404 e. The van der Waals surface area contributed by atoms with Crippen molar-refractivity contribution in [3.8, 4) is 0 Å². The van der Waals surface area contributed by atoms with Crippen LogP contribution in [0.4, 0.5) is 5.82 Å². The second-order valence-corrected chi connectivity index (χ2v) is 11.3. The van der Waals surface area contributed by atoms with Crippen molar-refractivity contribution < 1.29 is 14.4 Å². The molecule has 1 aliphatic heterocycles. The zero-order chi connectivity index (χ0) is 28.7. The van der Waals surface area contributed by atoms with Crippen molar-refractivity contribution in [3.63, 3.8) is 0 Å². The van der Waals surface area contributed by atoms with E-state index in [2.05, 4.69) is 36.3 Å². The smallest absolute Gasteiger partial charge is 0.248 e. The summed E-state index contributed by atoms with van der Waals surface area (Å²) in [5, 5.41) is 8.17. The average Bonchev–Trinajstić information content (AvgIpc) is 3.63. The lowest BCUT2D eigenvalue weighted by molar-refractivity contribution is -0.141. The monoisotopic (exact) mass is 605 g/mol. The number of carbonyl (C=O) groups excluding carboxylic acids is 3. The van der Waals surface area contributed by atoms with Crippen LogP contribution < -0.4 is 11.1 Å². The highest BCUT2D eigenvalue weighted by Crippen LogP contribution is 2.43. The van der Waals surface area contributed by atoms with Crippen LogP contribution in [0.1, 0.15) is 53.4 Å². The Bertz CT molecular complexity index is 1590. The van der Waals surface area contributed by atoms with Gasteiger partial charge in [0, 0.05) is 43.4 Å². The normalized spacial score (nSPS) is 20.6. The van der Waals surface area contributed by atoms with Gasteiger partial charge in [-0.05, 0) is 89.8 Å². The highest BCUT2D eigenvalue weighted by molar-refractivity contribution is 9.10. The average molecular weight is 607 g/mol. The Morgan fingerprint density at radius 2 is 1.98 bits per heavy atom. The number of aryl methyl sites for hydroxylation is 2. The van der Waals surface area contributed by atoms with Gasteiger partial charge >= 0.3 is 0 Å². The molecule has 3 heterocycles. The molecule has 40 heavy (non-hydrogen) atoms. The van der Waals surface area contributed by atoms with Crippen molar-refractivity contribution in [3.05, 3.63) is 57.5 Å². The number of allylic oxidation sites excluding steroid dienone is 1. The van der Waals surface area contributed by atoms with E-state index in [0.29, 0.717) is 26.9 Å². The molecule has 2 aromatic heterocycles. The summed E-state index contributed by atoms with van der Waals surface area (Å²) in [4.78, 5) is 50.2. The first-order valence-corrected chi connectivity index (χ1v) is 14.0. The third kappa shape index (κ3) is 4.94.